The number of nitro groups is 1. The van der Waals surface area contributed by atoms with Crippen molar-refractivity contribution in [1.29, 1.82) is 0 Å². The van der Waals surface area contributed by atoms with Crippen molar-refractivity contribution in [1.82, 2.24) is 4.90 Å². The molecule has 0 bridgehead atoms. The summed E-state index contributed by atoms with van der Waals surface area (Å²) in [5, 5.41) is 19.8. The van der Waals surface area contributed by atoms with Crippen molar-refractivity contribution in [2.75, 3.05) is 51.8 Å². The first-order valence-electron chi connectivity index (χ1n) is 7.60. The number of hydrogen-bond acceptors (Lipinski definition) is 7. The molecule has 0 aliphatic carbocycles. The van der Waals surface area contributed by atoms with Gasteiger partial charge in [0, 0.05) is 25.7 Å². The first-order valence-corrected chi connectivity index (χ1v) is 7.60. The van der Waals surface area contributed by atoms with Crippen LogP contribution in [0, 0.1) is 15.9 Å². The van der Waals surface area contributed by atoms with Gasteiger partial charge in [-0.05, 0) is 7.05 Å². The average molecular weight is 357 g/mol. The Bertz CT molecular complexity index is 656. The molecular weight excluding hydrogens is 337 g/mol. The molecule has 1 aromatic carbocycles. The highest BCUT2D eigenvalue weighted by molar-refractivity contribution is 5.69. The van der Waals surface area contributed by atoms with Crippen LogP contribution in [0.25, 0.3) is 0 Å². The van der Waals surface area contributed by atoms with E-state index >= 15 is 0 Å². The molecule has 25 heavy (non-hydrogen) atoms. The van der Waals surface area contributed by atoms with E-state index in [1.807, 2.05) is 0 Å². The molecule has 1 aliphatic heterocycles. The Morgan fingerprint density at radius 3 is 2.92 bits per heavy atom. The number of ether oxygens (including phenoxy) is 2. The smallest absolute Gasteiger partial charge is 0.317 e. The molecule has 1 aliphatic rings. The van der Waals surface area contributed by atoms with Gasteiger partial charge in [-0.25, -0.2) is 4.39 Å². The number of nitrogens with zero attached hydrogens (tertiary/aromatic N) is 3. The fraction of sp³-hybridized carbons (Fsp3) is 0.533. The molecule has 10 heteroatoms. The van der Waals surface area contributed by atoms with Crippen LogP contribution in [0.2, 0.25) is 0 Å². The third-order valence-electron chi connectivity index (χ3n) is 3.84. The molecule has 1 unspecified atom stereocenters. The standard InChI is InChI=1S/C15H20FN3O6/c1-17(9-15(20)21)7-10-8-18(3-4-25-10)12-6-14(24-2)13(19(22)23)5-11(12)16/h5-6,10H,3-4,7-9H2,1-2H3,(H,20,21). The minimum absolute atomic E-state index is 0.0209. The average Bonchev–Trinajstić information content (AvgIpc) is 2.53. The summed E-state index contributed by atoms with van der Waals surface area (Å²) in [6.45, 7) is 1.33. The van der Waals surface area contributed by atoms with E-state index in [2.05, 4.69) is 0 Å². The topological polar surface area (TPSA) is 105 Å². The van der Waals surface area contributed by atoms with Gasteiger partial charge in [-0.1, -0.05) is 0 Å². The Labute approximate surface area is 143 Å². The van der Waals surface area contributed by atoms with E-state index in [0.29, 0.717) is 26.2 Å². The number of likely N-dealkylation sites (N-methyl/N-ethyl adjacent to an activating group) is 1. The number of carboxylic acids is 1. The second-order valence-corrected chi connectivity index (χ2v) is 5.76. The number of halogens is 1. The normalized spacial score (nSPS) is 17.6. The first kappa shape index (κ1) is 18.9. The van der Waals surface area contributed by atoms with E-state index in [1.54, 1.807) is 16.8 Å². The Hall–Kier alpha value is -2.46. The monoisotopic (exact) mass is 357 g/mol. The van der Waals surface area contributed by atoms with Gasteiger partial charge in [0.1, 0.15) is 0 Å². The van der Waals surface area contributed by atoms with Crippen LogP contribution in [0.5, 0.6) is 5.75 Å². The van der Waals surface area contributed by atoms with Gasteiger partial charge >= 0.3 is 11.7 Å². The Morgan fingerprint density at radius 2 is 2.32 bits per heavy atom. The van der Waals surface area contributed by atoms with Crippen LogP contribution in [0.15, 0.2) is 12.1 Å². The van der Waals surface area contributed by atoms with E-state index in [9.17, 15) is 19.3 Å². The molecule has 1 heterocycles. The Morgan fingerprint density at radius 1 is 1.60 bits per heavy atom. The zero-order valence-electron chi connectivity index (χ0n) is 14.0. The van der Waals surface area contributed by atoms with E-state index in [0.717, 1.165) is 6.07 Å². The molecule has 0 amide bonds. The molecule has 138 valence electrons. The number of morpholine rings is 1. The van der Waals surface area contributed by atoms with Gasteiger partial charge in [0.05, 0.1) is 43.0 Å². The molecule has 1 atom stereocenters. The van der Waals surface area contributed by atoms with Crippen molar-refractivity contribution < 1.29 is 28.7 Å². The lowest BCUT2D eigenvalue weighted by atomic mass is 10.2. The van der Waals surface area contributed by atoms with Gasteiger partial charge in [0.25, 0.3) is 0 Å². The summed E-state index contributed by atoms with van der Waals surface area (Å²) >= 11 is 0. The van der Waals surface area contributed by atoms with Crippen LogP contribution in [-0.2, 0) is 9.53 Å². The number of aliphatic carboxylic acids is 1. The summed E-state index contributed by atoms with van der Waals surface area (Å²) in [4.78, 5) is 24.3. The summed E-state index contributed by atoms with van der Waals surface area (Å²) in [5.41, 5.74) is -0.244. The van der Waals surface area contributed by atoms with Crippen molar-refractivity contribution in [3.63, 3.8) is 0 Å². The SMILES string of the molecule is COc1cc(N2CCOC(CN(C)CC(=O)O)C2)c(F)cc1[N+](=O)[O-]. The number of benzene rings is 1. The molecular formula is C15H20FN3O6. The maximum Gasteiger partial charge on any atom is 0.317 e. The van der Waals surface area contributed by atoms with E-state index in [4.69, 9.17) is 14.6 Å². The number of rotatable bonds is 7. The minimum Gasteiger partial charge on any atom is -0.490 e. The van der Waals surface area contributed by atoms with Gasteiger partial charge in [0.2, 0.25) is 0 Å². The number of methoxy groups -OCH3 is 1. The highest BCUT2D eigenvalue weighted by Crippen LogP contribution is 2.34. The van der Waals surface area contributed by atoms with Crippen molar-refractivity contribution in [3.8, 4) is 5.75 Å². The number of carboxylic acid groups (broad SMARTS) is 1. The van der Waals surface area contributed by atoms with Crippen LogP contribution in [0.4, 0.5) is 15.8 Å². The maximum absolute atomic E-state index is 14.3. The van der Waals surface area contributed by atoms with Crippen LogP contribution < -0.4 is 9.64 Å². The molecule has 0 radical (unpaired) electrons. The van der Waals surface area contributed by atoms with Crippen LogP contribution in [0.3, 0.4) is 0 Å². The summed E-state index contributed by atoms with van der Waals surface area (Å²) < 4.78 is 24.9. The molecule has 2 rings (SSSR count). The fourth-order valence-electron chi connectivity index (χ4n) is 2.77. The molecule has 1 aromatic rings. The molecule has 0 aromatic heterocycles. The lowest BCUT2D eigenvalue weighted by Gasteiger charge is -2.36. The van der Waals surface area contributed by atoms with Crippen molar-refractivity contribution >= 4 is 17.3 Å². The maximum atomic E-state index is 14.3. The van der Waals surface area contributed by atoms with E-state index in [-0.39, 0.29) is 24.1 Å². The fourth-order valence-corrected chi connectivity index (χ4v) is 2.77. The van der Waals surface area contributed by atoms with Gasteiger partial charge in [-0.2, -0.15) is 0 Å². The number of anilines is 1. The molecule has 1 saturated heterocycles. The molecule has 0 saturated carbocycles. The van der Waals surface area contributed by atoms with Crippen molar-refractivity contribution in [3.05, 3.63) is 28.1 Å². The third kappa shape index (κ3) is 4.77. The quantitative estimate of drug-likeness (QED) is 0.568. The summed E-state index contributed by atoms with van der Waals surface area (Å²) in [7, 11) is 2.94. The Kier molecular flexibility index (Phi) is 6.10. The lowest BCUT2D eigenvalue weighted by Crippen LogP contribution is -2.48. The highest BCUT2D eigenvalue weighted by atomic mass is 19.1. The number of nitro benzene ring substituents is 1. The third-order valence-corrected chi connectivity index (χ3v) is 3.84. The van der Waals surface area contributed by atoms with Crippen molar-refractivity contribution in [2.24, 2.45) is 0 Å². The van der Waals surface area contributed by atoms with Gasteiger partial charge in [-0.15, -0.1) is 0 Å². The number of hydrogen-bond donors (Lipinski definition) is 1. The molecule has 0 spiro atoms. The summed E-state index contributed by atoms with van der Waals surface area (Å²) in [5.74, 6) is -1.68. The lowest BCUT2D eigenvalue weighted by molar-refractivity contribution is -0.385. The largest absolute Gasteiger partial charge is 0.490 e. The summed E-state index contributed by atoms with van der Waals surface area (Å²) in [6, 6.07) is 2.14. The Balaban J connectivity index is 2.15. The molecule has 1 fully saturated rings. The second kappa shape index (κ2) is 8.08. The molecule has 9 nitrogen and oxygen atoms in total. The van der Waals surface area contributed by atoms with E-state index < -0.39 is 22.4 Å². The van der Waals surface area contributed by atoms with Crippen LogP contribution in [0.1, 0.15) is 0 Å². The zero-order chi connectivity index (χ0) is 18.6. The van der Waals surface area contributed by atoms with Gasteiger partial charge in [0.15, 0.2) is 11.6 Å². The molecule has 1 N–H and O–H groups in total. The number of carbonyl (C=O) groups is 1. The summed E-state index contributed by atoms with van der Waals surface area (Å²) in [6.07, 6.45) is -0.307. The predicted octanol–water partition coefficient (Wildman–Crippen LogP) is 0.964. The minimum atomic E-state index is -0.943. The second-order valence-electron chi connectivity index (χ2n) is 5.76. The predicted molar refractivity (Wildman–Crippen MR) is 86.7 cm³/mol. The van der Waals surface area contributed by atoms with E-state index in [1.165, 1.54) is 13.2 Å². The van der Waals surface area contributed by atoms with Crippen LogP contribution in [-0.4, -0.2) is 73.9 Å². The zero-order valence-corrected chi connectivity index (χ0v) is 14.0. The van der Waals surface area contributed by atoms with Crippen molar-refractivity contribution in [2.45, 2.75) is 6.10 Å². The first-order chi connectivity index (χ1) is 11.8. The van der Waals surface area contributed by atoms with Gasteiger partial charge in [-0.3, -0.25) is 19.8 Å². The van der Waals surface area contributed by atoms with Crippen LogP contribution >= 0.6 is 0 Å². The van der Waals surface area contributed by atoms with Gasteiger partial charge < -0.3 is 19.5 Å². The highest BCUT2D eigenvalue weighted by Gasteiger charge is 2.27.